The molecule has 24 heavy (non-hydrogen) atoms. The molecule has 0 saturated carbocycles. The van der Waals surface area contributed by atoms with Crippen molar-refractivity contribution in [2.24, 2.45) is 0 Å². The van der Waals surface area contributed by atoms with E-state index in [2.05, 4.69) is 81.8 Å². The highest BCUT2D eigenvalue weighted by molar-refractivity contribution is 8.01. The number of thiophene rings is 1. The van der Waals surface area contributed by atoms with Crippen molar-refractivity contribution in [1.29, 1.82) is 0 Å². The van der Waals surface area contributed by atoms with E-state index in [1.54, 1.807) is 20.5 Å². The second kappa shape index (κ2) is 5.47. The monoisotopic (exact) mass is 373 g/mol. The molecule has 128 valence electrons. The van der Waals surface area contributed by atoms with Crippen molar-refractivity contribution in [3.63, 3.8) is 0 Å². The lowest BCUT2D eigenvalue weighted by molar-refractivity contribution is 0.513. The van der Waals surface area contributed by atoms with Gasteiger partial charge in [0, 0.05) is 36.6 Å². The molecule has 0 saturated heterocycles. The number of nitrogens with one attached hydrogen (secondary N) is 1. The van der Waals surface area contributed by atoms with Gasteiger partial charge in [-0.1, -0.05) is 42.1 Å². The summed E-state index contributed by atoms with van der Waals surface area (Å²) in [7, 11) is -1.62. The van der Waals surface area contributed by atoms with E-state index < -0.39 is 8.24 Å². The van der Waals surface area contributed by atoms with Gasteiger partial charge in [0.15, 0.2) is 0 Å². The number of allylic oxidation sites excluding steroid dienone is 1. The van der Waals surface area contributed by atoms with Gasteiger partial charge in [-0.05, 0) is 40.2 Å². The van der Waals surface area contributed by atoms with Gasteiger partial charge < -0.3 is 4.98 Å². The summed E-state index contributed by atoms with van der Waals surface area (Å²) in [4.78, 5) is 7.24. The number of hydrogen-bond acceptors (Lipinski definition) is 3. The molecule has 1 aliphatic heterocycles. The number of benzene rings is 1. The largest absolute Gasteiger partial charge is 0.329 e. The van der Waals surface area contributed by atoms with Crippen LogP contribution in [0.1, 0.15) is 44.9 Å². The molecular weight excluding hydrogens is 346 g/mol. The second-order valence-corrected chi connectivity index (χ2v) is 15.1. The van der Waals surface area contributed by atoms with Crippen molar-refractivity contribution >= 4 is 41.4 Å². The maximum atomic E-state index is 4.01. The van der Waals surface area contributed by atoms with Gasteiger partial charge in [0.05, 0.1) is 0 Å². The zero-order valence-corrected chi connectivity index (χ0v) is 18.1. The Morgan fingerprint density at radius 3 is 2.58 bits per heavy atom. The Balaban J connectivity index is 1.72. The zero-order chi connectivity index (χ0) is 17.3. The molecule has 2 heterocycles. The van der Waals surface area contributed by atoms with Crippen molar-refractivity contribution < 1.29 is 0 Å². The van der Waals surface area contributed by atoms with E-state index in [9.17, 15) is 0 Å². The molecule has 4 heteroatoms. The first-order chi connectivity index (χ1) is 11.2. The van der Waals surface area contributed by atoms with Crippen LogP contribution in [0.25, 0.3) is 10.1 Å². The quantitative estimate of drug-likeness (QED) is 0.619. The number of rotatable bonds is 2. The van der Waals surface area contributed by atoms with Crippen LogP contribution in [0.2, 0.25) is 13.1 Å². The summed E-state index contributed by atoms with van der Waals surface area (Å²) in [6.07, 6.45) is 1.26. The highest BCUT2D eigenvalue weighted by Crippen LogP contribution is 2.61. The Bertz CT molecular complexity index is 841. The second-order valence-electron chi connectivity index (χ2n) is 8.83. The first-order valence-corrected chi connectivity index (χ1v) is 13.5. The molecule has 1 aromatic heterocycles. The highest BCUT2D eigenvalue weighted by Gasteiger charge is 2.48. The molecule has 0 fully saturated rings. The Morgan fingerprint density at radius 1 is 1.17 bits per heavy atom. The van der Waals surface area contributed by atoms with Crippen LogP contribution in [-0.4, -0.2) is 19.0 Å². The minimum atomic E-state index is -1.62. The lowest BCUT2D eigenvalue weighted by atomic mass is 10.0. The molecular formula is C20H27NS2Si. The first kappa shape index (κ1) is 16.9. The standard InChI is InChI=1S/C20H27NS2Si/c1-12-11-14-17-16(13-9-7-8-10-15(13)22-17)23-18(14)19(12)24(5,6)21-20(2,3)4/h7-10,14,18,21H,11H2,1-6H3. The molecule has 1 N–H and O–H groups in total. The van der Waals surface area contributed by atoms with Crippen LogP contribution in [-0.2, 0) is 0 Å². The summed E-state index contributed by atoms with van der Waals surface area (Å²) in [6.45, 7) is 14.3. The van der Waals surface area contributed by atoms with Gasteiger partial charge in [0.25, 0.3) is 0 Å². The van der Waals surface area contributed by atoms with Gasteiger partial charge in [-0.15, -0.1) is 23.1 Å². The summed E-state index contributed by atoms with van der Waals surface area (Å²) in [6, 6.07) is 8.95. The Kier molecular flexibility index (Phi) is 3.85. The Hall–Kier alpha value is -0.553. The SMILES string of the molecule is CC1=C([Si](C)(C)NC(C)(C)C)C2Sc3c(sc4ccccc34)C2C1. The molecule has 2 aliphatic rings. The molecule has 2 atom stereocenters. The highest BCUT2D eigenvalue weighted by atomic mass is 32.2. The van der Waals surface area contributed by atoms with E-state index in [4.69, 9.17) is 0 Å². The molecule has 2 unspecified atom stereocenters. The number of thioether (sulfide) groups is 1. The van der Waals surface area contributed by atoms with Gasteiger partial charge in [-0.3, -0.25) is 0 Å². The third-order valence-corrected chi connectivity index (χ3v) is 11.7. The topological polar surface area (TPSA) is 12.0 Å². The van der Waals surface area contributed by atoms with Crippen LogP contribution in [0.15, 0.2) is 39.9 Å². The van der Waals surface area contributed by atoms with Crippen LogP contribution < -0.4 is 4.98 Å². The molecule has 0 spiro atoms. The van der Waals surface area contributed by atoms with E-state index in [1.807, 2.05) is 11.3 Å². The third-order valence-electron chi connectivity index (χ3n) is 5.15. The molecule has 0 bridgehead atoms. The average Bonchev–Trinajstić information content (AvgIpc) is 3.04. The minimum absolute atomic E-state index is 0.182. The van der Waals surface area contributed by atoms with E-state index in [0.717, 1.165) is 0 Å². The van der Waals surface area contributed by atoms with E-state index in [-0.39, 0.29) is 5.54 Å². The Labute approximate surface area is 155 Å². The van der Waals surface area contributed by atoms with Crippen LogP contribution >= 0.6 is 23.1 Å². The molecule has 1 aliphatic carbocycles. The lowest BCUT2D eigenvalue weighted by Gasteiger charge is -2.37. The van der Waals surface area contributed by atoms with E-state index in [0.29, 0.717) is 11.2 Å². The summed E-state index contributed by atoms with van der Waals surface area (Å²) in [5.41, 5.74) is 1.84. The van der Waals surface area contributed by atoms with Gasteiger partial charge in [0.1, 0.15) is 8.24 Å². The van der Waals surface area contributed by atoms with Crippen molar-refractivity contribution in [3.8, 4) is 0 Å². The lowest BCUT2D eigenvalue weighted by Crippen LogP contribution is -2.57. The summed E-state index contributed by atoms with van der Waals surface area (Å²) < 4.78 is 1.46. The zero-order valence-electron chi connectivity index (χ0n) is 15.5. The molecule has 0 amide bonds. The minimum Gasteiger partial charge on any atom is -0.329 e. The third kappa shape index (κ3) is 2.62. The smallest absolute Gasteiger partial charge is 0.148 e. The van der Waals surface area contributed by atoms with E-state index >= 15 is 0 Å². The van der Waals surface area contributed by atoms with Gasteiger partial charge in [-0.25, -0.2) is 0 Å². The van der Waals surface area contributed by atoms with Crippen molar-refractivity contribution in [2.45, 2.75) is 68.8 Å². The summed E-state index contributed by atoms with van der Waals surface area (Å²) in [5.74, 6) is 0.714. The maximum absolute atomic E-state index is 4.01. The summed E-state index contributed by atoms with van der Waals surface area (Å²) >= 11 is 4.19. The summed E-state index contributed by atoms with van der Waals surface area (Å²) in [5, 5.41) is 3.93. The number of fused-ring (bicyclic) bond motifs is 5. The van der Waals surface area contributed by atoms with Gasteiger partial charge >= 0.3 is 0 Å². The van der Waals surface area contributed by atoms with Crippen LogP contribution in [0.3, 0.4) is 0 Å². The molecule has 1 aromatic carbocycles. The van der Waals surface area contributed by atoms with Crippen LogP contribution in [0, 0.1) is 0 Å². The van der Waals surface area contributed by atoms with E-state index in [1.165, 1.54) is 16.5 Å². The predicted octanol–water partition coefficient (Wildman–Crippen LogP) is 6.31. The first-order valence-electron chi connectivity index (χ1n) is 8.85. The molecule has 2 aromatic rings. The van der Waals surface area contributed by atoms with Crippen LogP contribution in [0.4, 0.5) is 0 Å². The number of hydrogen-bond donors (Lipinski definition) is 1. The Morgan fingerprint density at radius 2 is 1.88 bits per heavy atom. The van der Waals surface area contributed by atoms with Crippen molar-refractivity contribution in [3.05, 3.63) is 39.9 Å². The normalized spacial score (nSPS) is 23.9. The molecule has 0 radical (unpaired) electrons. The van der Waals surface area contributed by atoms with Crippen molar-refractivity contribution in [2.75, 3.05) is 0 Å². The van der Waals surface area contributed by atoms with Gasteiger partial charge in [0.2, 0.25) is 0 Å². The van der Waals surface area contributed by atoms with Crippen molar-refractivity contribution in [1.82, 2.24) is 4.98 Å². The molecule has 4 rings (SSSR count). The average molecular weight is 374 g/mol. The molecule has 1 nitrogen and oxygen atoms in total. The predicted molar refractivity (Wildman–Crippen MR) is 112 cm³/mol. The fourth-order valence-electron chi connectivity index (χ4n) is 4.79. The fourth-order valence-corrected chi connectivity index (χ4v) is 13.1. The van der Waals surface area contributed by atoms with Crippen LogP contribution in [0.5, 0.6) is 0 Å². The van der Waals surface area contributed by atoms with Gasteiger partial charge in [-0.2, -0.15) is 0 Å². The fraction of sp³-hybridized carbons (Fsp3) is 0.500. The maximum Gasteiger partial charge on any atom is 0.148 e.